The average Bonchev–Trinajstić information content (AvgIpc) is 3.22. The number of imidazole rings is 1. The summed E-state index contributed by atoms with van der Waals surface area (Å²) in [6.45, 7) is 8.08. The molecule has 1 aliphatic heterocycles. The van der Waals surface area contributed by atoms with Crippen LogP contribution in [0.5, 0.6) is 0 Å². The molecule has 2 aliphatic rings. The van der Waals surface area contributed by atoms with E-state index in [0.717, 1.165) is 54.6 Å². The molecule has 1 atom stereocenters. The predicted molar refractivity (Wildman–Crippen MR) is 93.2 cm³/mol. The van der Waals surface area contributed by atoms with E-state index in [4.69, 9.17) is 0 Å². The zero-order valence-corrected chi connectivity index (χ0v) is 14.8. The van der Waals surface area contributed by atoms with Crippen molar-refractivity contribution in [2.45, 2.75) is 65.6 Å². The number of carbonyl (C=O) groups excluding carboxylic acids is 1. The van der Waals surface area contributed by atoms with Crippen LogP contribution in [-0.2, 0) is 19.5 Å². The largest absolute Gasteiger partial charge is 0.348 e. The fraction of sp³-hybridized carbons (Fsp3) is 0.579. The van der Waals surface area contributed by atoms with Gasteiger partial charge in [-0.15, -0.1) is 0 Å². The minimum Gasteiger partial charge on any atom is -0.348 e. The lowest BCUT2D eigenvalue weighted by Crippen LogP contribution is -2.41. The van der Waals surface area contributed by atoms with Crippen molar-refractivity contribution in [3.05, 3.63) is 40.7 Å². The Morgan fingerprint density at radius 2 is 2.08 bits per heavy atom. The van der Waals surface area contributed by atoms with Crippen molar-refractivity contribution in [1.82, 2.24) is 19.4 Å². The highest BCUT2D eigenvalue weighted by Crippen LogP contribution is 2.32. The highest BCUT2D eigenvalue weighted by molar-refractivity contribution is 5.95. The van der Waals surface area contributed by atoms with E-state index in [9.17, 15) is 4.79 Å². The predicted octanol–water partition coefficient (Wildman–Crippen LogP) is 2.76. The summed E-state index contributed by atoms with van der Waals surface area (Å²) in [4.78, 5) is 17.3. The molecule has 1 N–H and O–H groups in total. The number of nitrogens with one attached hydrogen (secondary N) is 1. The summed E-state index contributed by atoms with van der Waals surface area (Å²) in [6.07, 6.45) is 6.62. The van der Waals surface area contributed by atoms with Gasteiger partial charge in [0.25, 0.3) is 5.91 Å². The van der Waals surface area contributed by atoms with E-state index in [1.54, 1.807) is 0 Å². The Morgan fingerprint density at radius 1 is 1.29 bits per heavy atom. The fourth-order valence-corrected chi connectivity index (χ4v) is 3.84. The molecule has 0 spiro atoms. The minimum absolute atomic E-state index is 0.0652. The topological polar surface area (TPSA) is 51.9 Å². The van der Waals surface area contributed by atoms with Gasteiger partial charge in [0.2, 0.25) is 0 Å². The van der Waals surface area contributed by atoms with Crippen LogP contribution in [0.1, 0.15) is 52.5 Å². The van der Waals surface area contributed by atoms with E-state index in [2.05, 4.69) is 39.5 Å². The van der Waals surface area contributed by atoms with Gasteiger partial charge in [0, 0.05) is 43.1 Å². The van der Waals surface area contributed by atoms with Gasteiger partial charge in [0.1, 0.15) is 5.82 Å². The molecule has 1 saturated carbocycles. The van der Waals surface area contributed by atoms with E-state index < -0.39 is 0 Å². The van der Waals surface area contributed by atoms with E-state index in [-0.39, 0.29) is 11.9 Å². The quantitative estimate of drug-likeness (QED) is 0.939. The normalized spacial score (nSPS) is 20.0. The molecule has 128 valence electrons. The third kappa shape index (κ3) is 2.87. The van der Waals surface area contributed by atoms with Crippen molar-refractivity contribution in [1.29, 1.82) is 0 Å². The van der Waals surface area contributed by atoms with Gasteiger partial charge in [-0.1, -0.05) is 0 Å². The summed E-state index contributed by atoms with van der Waals surface area (Å²) in [5, 5.41) is 3.23. The molecule has 0 saturated heterocycles. The lowest BCUT2D eigenvalue weighted by molar-refractivity contribution is 0.0927. The zero-order chi connectivity index (χ0) is 16.8. The molecular formula is C19H26N4O. The van der Waals surface area contributed by atoms with Gasteiger partial charge in [-0.2, -0.15) is 0 Å². The lowest BCUT2D eigenvalue weighted by atomic mass is 10.1. The molecule has 0 bridgehead atoms. The van der Waals surface area contributed by atoms with Crippen molar-refractivity contribution in [2.24, 2.45) is 5.92 Å². The summed E-state index contributed by atoms with van der Waals surface area (Å²) in [5.74, 6) is 2.02. The summed E-state index contributed by atoms with van der Waals surface area (Å²) < 4.78 is 4.49. The van der Waals surface area contributed by atoms with Crippen molar-refractivity contribution >= 4 is 5.91 Å². The lowest BCUT2D eigenvalue weighted by Gasteiger charge is -2.24. The molecule has 24 heavy (non-hydrogen) atoms. The van der Waals surface area contributed by atoms with Crippen LogP contribution in [0.15, 0.2) is 12.3 Å². The standard InChI is InChI=1S/C19H26N4O/c1-12-9-22-11-16(6-7-18(22)20-12)21-19(24)17-8-13(2)23(14(17)3)10-15-4-5-15/h8-9,15-16H,4-7,10-11H2,1-3H3,(H,21,24). The third-order valence-electron chi connectivity index (χ3n) is 5.40. The second-order valence-electron chi connectivity index (χ2n) is 7.50. The molecule has 1 amide bonds. The molecule has 1 unspecified atom stereocenters. The first-order valence-corrected chi connectivity index (χ1v) is 9.01. The summed E-state index contributed by atoms with van der Waals surface area (Å²) in [5.41, 5.74) is 4.19. The number of hydrogen-bond donors (Lipinski definition) is 1. The fourth-order valence-electron chi connectivity index (χ4n) is 3.84. The Bertz CT molecular complexity index is 782. The third-order valence-corrected chi connectivity index (χ3v) is 5.40. The van der Waals surface area contributed by atoms with Crippen LogP contribution in [0.3, 0.4) is 0 Å². The number of fused-ring (bicyclic) bond motifs is 1. The molecule has 0 radical (unpaired) electrons. The van der Waals surface area contributed by atoms with Crippen LogP contribution in [0.25, 0.3) is 0 Å². The smallest absolute Gasteiger partial charge is 0.253 e. The first-order valence-electron chi connectivity index (χ1n) is 9.01. The number of carbonyl (C=O) groups is 1. The van der Waals surface area contributed by atoms with Gasteiger partial charge in [-0.05, 0) is 52.0 Å². The van der Waals surface area contributed by atoms with Crippen LogP contribution in [-0.4, -0.2) is 26.1 Å². The number of amides is 1. The SMILES string of the molecule is Cc1cn2c(n1)CCC(NC(=O)c1cc(C)n(CC3CC3)c1C)C2. The molecule has 1 fully saturated rings. The molecule has 4 rings (SSSR count). The maximum absolute atomic E-state index is 12.8. The molecule has 3 heterocycles. The Morgan fingerprint density at radius 3 is 2.83 bits per heavy atom. The van der Waals surface area contributed by atoms with Crippen LogP contribution in [0, 0.1) is 26.7 Å². The summed E-state index contributed by atoms with van der Waals surface area (Å²) in [7, 11) is 0. The van der Waals surface area contributed by atoms with Gasteiger partial charge in [-0.25, -0.2) is 4.98 Å². The zero-order valence-electron chi connectivity index (χ0n) is 14.8. The second kappa shape index (κ2) is 5.80. The van der Waals surface area contributed by atoms with Crippen molar-refractivity contribution in [2.75, 3.05) is 0 Å². The summed E-state index contributed by atoms with van der Waals surface area (Å²) >= 11 is 0. The highest BCUT2D eigenvalue weighted by atomic mass is 16.1. The number of hydrogen-bond acceptors (Lipinski definition) is 2. The van der Waals surface area contributed by atoms with E-state index in [0.29, 0.717) is 0 Å². The number of rotatable bonds is 4. The Hall–Kier alpha value is -2.04. The first-order chi connectivity index (χ1) is 11.5. The Balaban J connectivity index is 1.46. The Kier molecular flexibility index (Phi) is 3.74. The molecule has 0 aromatic carbocycles. The number of aryl methyl sites for hydroxylation is 3. The van der Waals surface area contributed by atoms with Gasteiger partial charge < -0.3 is 14.5 Å². The van der Waals surface area contributed by atoms with Crippen molar-refractivity contribution < 1.29 is 4.79 Å². The number of aromatic nitrogens is 3. The molecular weight excluding hydrogens is 300 g/mol. The maximum atomic E-state index is 12.8. The summed E-state index contributed by atoms with van der Waals surface area (Å²) in [6, 6.07) is 2.23. The monoisotopic (exact) mass is 326 g/mol. The number of nitrogens with zero attached hydrogens (tertiary/aromatic N) is 3. The van der Waals surface area contributed by atoms with Gasteiger partial charge in [-0.3, -0.25) is 4.79 Å². The first kappa shape index (κ1) is 15.5. The molecule has 2 aromatic heterocycles. The van der Waals surface area contributed by atoms with E-state index in [1.165, 1.54) is 18.5 Å². The van der Waals surface area contributed by atoms with Crippen LogP contribution >= 0.6 is 0 Å². The van der Waals surface area contributed by atoms with Crippen molar-refractivity contribution in [3.63, 3.8) is 0 Å². The average molecular weight is 326 g/mol. The van der Waals surface area contributed by atoms with Gasteiger partial charge in [0.05, 0.1) is 11.3 Å². The van der Waals surface area contributed by atoms with E-state index in [1.807, 2.05) is 13.0 Å². The van der Waals surface area contributed by atoms with Gasteiger partial charge >= 0.3 is 0 Å². The minimum atomic E-state index is 0.0652. The van der Waals surface area contributed by atoms with Crippen LogP contribution < -0.4 is 5.32 Å². The molecule has 5 nitrogen and oxygen atoms in total. The molecule has 5 heteroatoms. The van der Waals surface area contributed by atoms with Gasteiger partial charge in [0.15, 0.2) is 0 Å². The molecule has 2 aromatic rings. The highest BCUT2D eigenvalue weighted by Gasteiger charge is 2.26. The Labute approximate surface area is 143 Å². The van der Waals surface area contributed by atoms with Crippen LogP contribution in [0.2, 0.25) is 0 Å². The molecule has 1 aliphatic carbocycles. The maximum Gasteiger partial charge on any atom is 0.253 e. The van der Waals surface area contributed by atoms with Crippen molar-refractivity contribution in [3.8, 4) is 0 Å². The second-order valence-corrected chi connectivity index (χ2v) is 7.50. The van der Waals surface area contributed by atoms with Crippen LogP contribution in [0.4, 0.5) is 0 Å². The van der Waals surface area contributed by atoms with E-state index >= 15 is 0 Å².